The van der Waals surface area contributed by atoms with Gasteiger partial charge in [0, 0.05) is 37.9 Å². The van der Waals surface area contributed by atoms with E-state index in [1.54, 1.807) is 0 Å². The van der Waals surface area contributed by atoms with Crippen LogP contribution >= 0.6 is 0 Å². The number of carbonyl (C=O) groups excluding carboxylic acids is 2. The van der Waals surface area contributed by atoms with Crippen molar-refractivity contribution in [1.82, 2.24) is 9.80 Å². The molecule has 0 radical (unpaired) electrons. The van der Waals surface area contributed by atoms with Crippen molar-refractivity contribution in [3.8, 4) is 0 Å². The second-order valence-corrected chi connectivity index (χ2v) is 6.80. The van der Waals surface area contributed by atoms with E-state index in [4.69, 9.17) is 0 Å². The number of Topliss-reactive ketones (excluding diaryl/α,β-unsaturated/α-hetero) is 1. The van der Waals surface area contributed by atoms with Crippen molar-refractivity contribution in [1.29, 1.82) is 0 Å². The fourth-order valence-electron chi connectivity index (χ4n) is 3.46. The lowest BCUT2D eigenvalue weighted by molar-refractivity contribution is -0.143. The summed E-state index contributed by atoms with van der Waals surface area (Å²) >= 11 is 0. The van der Waals surface area contributed by atoms with E-state index in [1.807, 2.05) is 18.7 Å². The number of likely N-dealkylation sites (tertiary alicyclic amines) is 2. The number of piperidine rings is 2. The fourth-order valence-corrected chi connectivity index (χ4v) is 3.46. The summed E-state index contributed by atoms with van der Waals surface area (Å²) < 4.78 is 0. The predicted octanol–water partition coefficient (Wildman–Crippen LogP) is 1.69. The highest BCUT2D eigenvalue weighted by Gasteiger charge is 2.37. The van der Waals surface area contributed by atoms with E-state index in [0.717, 1.165) is 19.5 Å². The molecule has 0 aliphatic carbocycles. The summed E-state index contributed by atoms with van der Waals surface area (Å²) in [7, 11) is 2.13. The summed E-state index contributed by atoms with van der Waals surface area (Å²) in [6.45, 7) is 6.80. The minimum absolute atomic E-state index is 0.234. The third-order valence-corrected chi connectivity index (χ3v) is 4.46. The average Bonchev–Trinajstić information content (AvgIpc) is 2.26. The van der Waals surface area contributed by atoms with Crippen LogP contribution in [0.2, 0.25) is 0 Å². The maximum atomic E-state index is 12.5. The number of hydrogen-bond acceptors (Lipinski definition) is 3. The molecule has 2 rings (SSSR count). The van der Waals surface area contributed by atoms with Gasteiger partial charge >= 0.3 is 0 Å². The Morgan fingerprint density at radius 3 is 2.74 bits per heavy atom. The SMILES string of the molecule is CN1CCCC(CC(=O)N2CCC(=O)CC2(C)C)C1. The molecule has 19 heavy (non-hydrogen) atoms. The quantitative estimate of drug-likeness (QED) is 0.763. The summed E-state index contributed by atoms with van der Waals surface area (Å²) in [6.07, 6.45) is 4.02. The van der Waals surface area contributed by atoms with Crippen LogP contribution in [0, 0.1) is 5.92 Å². The first-order chi connectivity index (χ1) is 8.88. The van der Waals surface area contributed by atoms with E-state index in [0.29, 0.717) is 31.7 Å². The lowest BCUT2D eigenvalue weighted by atomic mass is 9.87. The van der Waals surface area contributed by atoms with Crippen LogP contribution in [-0.2, 0) is 9.59 Å². The smallest absolute Gasteiger partial charge is 0.223 e. The third kappa shape index (κ3) is 3.56. The minimum Gasteiger partial charge on any atom is -0.337 e. The standard InChI is InChI=1S/C15H26N2O2/c1-15(2)10-13(18)6-8-17(15)14(19)9-12-5-4-7-16(3)11-12/h12H,4-11H2,1-3H3. The van der Waals surface area contributed by atoms with Crippen molar-refractivity contribution in [3.05, 3.63) is 0 Å². The monoisotopic (exact) mass is 266 g/mol. The Bertz CT molecular complexity index is 365. The number of amides is 1. The molecule has 2 fully saturated rings. The van der Waals surface area contributed by atoms with Crippen molar-refractivity contribution < 1.29 is 9.59 Å². The van der Waals surface area contributed by atoms with E-state index in [2.05, 4.69) is 11.9 Å². The Kier molecular flexibility index (Phi) is 4.29. The lowest BCUT2D eigenvalue weighted by Gasteiger charge is -2.42. The van der Waals surface area contributed by atoms with Gasteiger partial charge in [-0.2, -0.15) is 0 Å². The first-order valence-electron chi connectivity index (χ1n) is 7.39. The number of nitrogens with zero attached hydrogens (tertiary/aromatic N) is 2. The van der Waals surface area contributed by atoms with Gasteiger partial charge in [-0.3, -0.25) is 9.59 Å². The first kappa shape index (κ1) is 14.5. The maximum Gasteiger partial charge on any atom is 0.223 e. The van der Waals surface area contributed by atoms with Crippen molar-refractivity contribution in [2.24, 2.45) is 5.92 Å². The van der Waals surface area contributed by atoms with Gasteiger partial charge < -0.3 is 9.80 Å². The third-order valence-electron chi connectivity index (χ3n) is 4.46. The molecule has 0 N–H and O–H groups in total. The molecule has 1 atom stereocenters. The van der Waals surface area contributed by atoms with E-state index in [-0.39, 0.29) is 17.2 Å². The van der Waals surface area contributed by atoms with Crippen LogP contribution in [0.15, 0.2) is 0 Å². The average molecular weight is 266 g/mol. The Labute approximate surface area is 116 Å². The Balaban J connectivity index is 1.93. The molecule has 4 heteroatoms. The fraction of sp³-hybridized carbons (Fsp3) is 0.867. The molecule has 0 bridgehead atoms. The van der Waals surface area contributed by atoms with Gasteiger partial charge in [0.25, 0.3) is 0 Å². The van der Waals surface area contributed by atoms with Gasteiger partial charge in [-0.05, 0) is 46.2 Å². The van der Waals surface area contributed by atoms with E-state index < -0.39 is 0 Å². The van der Waals surface area contributed by atoms with Crippen molar-refractivity contribution in [3.63, 3.8) is 0 Å². The second kappa shape index (κ2) is 5.61. The Morgan fingerprint density at radius 1 is 1.37 bits per heavy atom. The zero-order valence-corrected chi connectivity index (χ0v) is 12.4. The molecule has 108 valence electrons. The van der Waals surface area contributed by atoms with Crippen molar-refractivity contribution >= 4 is 11.7 Å². The second-order valence-electron chi connectivity index (χ2n) is 6.80. The van der Waals surface area contributed by atoms with Gasteiger partial charge in [-0.15, -0.1) is 0 Å². The van der Waals surface area contributed by atoms with E-state index in [1.165, 1.54) is 6.42 Å². The summed E-state index contributed by atoms with van der Waals surface area (Å²) in [5, 5.41) is 0. The molecular weight excluding hydrogens is 240 g/mol. The van der Waals surface area contributed by atoms with Crippen LogP contribution in [0.1, 0.15) is 46.0 Å². The first-order valence-corrected chi connectivity index (χ1v) is 7.39. The molecule has 2 aliphatic heterocycles. The summed E-state index contributed by atoms with van der Waals surface area (Å²) in [4.78, 5) is 28.3. The molecule has 1 amide bonds. The van der Waals surface area contributed by atoms with Crippen molar-refractivity contribution in [2.75, 3.05) is 26.7 Å². The van der Waals surface area contributed by atoms with Crippen LogP contribution in [-0.4, -0.2) is 53.7 Å². The highest BCUT2D eigenvalue weighted by atomic mass is 16.2. The molecular formula is C15H26N2O2. The molecule has 0 aromatic rings. The normalized spacial score (nSPS) is 28.5. The molecule has 0 aromatic carbocycles. The zero-order chi connectivity index (χ0) is 14.0. The largest absolute Gasteiger partial charge is 0.337 e. The Hall–Kier alpha value is -0.900. The molecule has 0 saturated carbocycles. The Morgan fingerprint density at radius 2 is 2.11 bits per heavy atom. The number of hydrogen-bond donors (Lipinski definition) is 0. The molecule has 4 nitrogen and oxygen atoms in total. The van der Waals surface area contributed by atoms with Gasteiger partial charge in [0.2, 0.25) is 5.91 Å². The highest BCUT2D eigenvalue weighted by molar-refractivity contribution is 5.85. The van der Waals surface area contributed by atoms with Gasteiger partial charge in [0.05, 0.1) is 0 Å². The summed E-state index contributed by atoms with van der Waals surface area (Å²) in [6, 6.07) is 0. The maximum absolute atomic E-state index is 12.5. The van der Waals surface area contributed by atoms with Crippen LogP contribution in [0.25, 0.3) is 0 Å². The predicted molar refractivity (Wildman–Crippen MR) is 74.9 cm³/mol. The molecule has 1 unspecified atom stereocenters. The van der Waals surface area contributed by atoms with E-state index in [9.17, 15) is 9.59 Å². The van der Waals surface area contributed by atoms with Gasteiger partial charge in [-0.25, -0.2) is 0 Å². The van der Waals surface area contributed by atoms with E-state index >= 15 is 0 Å². The summed E-state index contributed by atoms with van der Waals surface area (Å²) in [5.74, 6) is 1.00. The highest BCUT2D eigenvalue weighted by Crippen LogP contribution is 2.28. The summed E-state index contributed by atoms with van der Waals surface area (Å²) in [5.41, 5.74) is -0.299. The molecule has 2 saturated heterocycles. The topological polar surface area (TPSA) is 40.6 Å². The molecule has 0 spiro atoms. The number of carbonyl (C=O) groups is 2. The van der Waals surface area contributed by atoms with Crippen molar-refractivity contribution in [2.45, 2.75) is 51.5 Å². The van der Waals surface area contributed by atoms with Crippen LogP contribution < -0.4 is 0 Å². The zero-order valence-electron chi connectivity index (χ0n) is 12.4. The number of ketones is 1. The van der Waals surface area contributed by atoms with Gasteiger partial charge in [0.15, 0.2) is 0 Å². The van der Waals surface area contributed by atoms with Gasteiger partial charge in [0.1, 0.15) is 5.78 Å². The lowest BCUT2D eigenvalue weighted by Crippen LogP contribution is -2.53. The van der Waals surface area contributed by atoms with Crippen LogP contribution in [0.3, 0.4) is 0 Å². The molecule has 0 aromatic heterocycles. The molecule has 2 heterocycles. The van der Waals surface area contributed by atoms with Crippen LogP contribution in [0.4, 0.5) is 0 Å². The van der Waals surface area contributed by atoms with Crippen LogP contribution in [0.5, 0.6) is 0 Å². The van der Waals surface area contributed by atoms with Gasteiger partial charge in [-0.1, -0.05) is 0 Å². The molecule has 2 aliphatic rings. The minimum atomic E-state index is -0.299. The number of rotatable bonds is 2.